The molecule has 2 aliphatic rings. The molecule has 8 heteroatoms. The first kappa shape index (κ1) is 21.4. The van der Waals surface area contributed by atoms with Crippen LogP contribution < -0.4 is 10.2 Å². The van der Waals surface area contributed by atoms with E-state index in [-0.39, 0.29) is 24.1 Å². The maximum Gasteiger partial charge on any atom is 0.253 e. The number of benzene rings is 2. The number of likely N-dealkylation sites (tertiary alicyclic amines) is 1. The van der Waals surface area contributed by atoms with Gasteiger partial charge in [-0.1, -0.05) is 6.07 Å². The molecule has 0 unspecified atom stereocenters. The minimum Gasteiger partial charge on any atom is -0.339 e. The summed E-state index contributed by atoms with van der Waals surface area (Å²) in [6.45, 7) is 2.92. The van der Waals surface area contributed by atoms with Crippen molar-refractivity contribution in [3.8, 4) is 0 Å². The highest BCUT2D eigenvalue weighted by molar-refractivity contribution is 8.00. The maximum absolute atomic E-state index is 13.8. The van der Waals surface area contributed by atoms with Gasteiger partial charge in [-0.25, -0.2) is 4.39 Å². The minimum atomic E-state index is -0.429. The number of hydrogen-bond acceptors (Lipinski definition) is 4. The van der Waals surface area contributed by atoms with Crippen LogP contribution in [0.15, 0.2) is 41.3 Å². The molecule has 2 heterocycles. The van der Waals surface area contributed by atoms with Crippen LogP contribution in [0, 0.1) is 12.7 Å². The minimum absolute atomic E-state index is 0.0509. The van der Waals surface area contributed by atoms with Gasteiger partial charge in [0.1, 0.15) is 12.4 Å². The highest BCUT2D eigenvalue weighted by Gasteiger charge is 2.28. The molecule has 31 heavy (non-hydrogen) atoms. The van der Waals surface area contributed by atoms with Crippen LogP contribution in [0.1, 0.15) is 35.2 Å². The Morgan fingerprint density at radius 3 is 2.61 bits per heavy atom. The molecule has 2 aliphatic heterocycles. The number of piperidine rings is 1. The van der Waals surface area contributed by atoms with E-state index >= 15 is 0 Å². The van der Waals surface area contributed by atoms with Crippen molar-refractivity contribution in [3.05, 3.63) is 53.3 Å². The summed E-state index contributed by atoms with van der Waals surface area (Å²) < 4.78 is 13.8. The van der Waals surface area contributed by atoms with Crippen molar-refractivity contribution >= 4 is 40.9 Å². The average Bonchev–Trinajstić information content (AvgIpc) is 2.78. The van der Waals surface area contributed by atoms with Crippen molar-refractivity contribution in [3.63, 3.8) is 0 Å². The van der Waals surface area contributed by atoms with Crippen LogP contribution in [0.25, 0.3) is 0 Å². The number of rotatable bonds is 4. The largest absolute Gasteiger partial charge is 0.339 e. The molecule has 1 N–H and O–H groups in total. The molecule has 0 aromatic heterocycles. The third kappa shape index (κ3) is 4.74. The molecule has 1 fully saturated rings. The second-order valence-corrected chi connectivity index (χ2v) is 8.83. The summed E-state index contributed by atoms with van der Waals surface area (Å²) in [5.41, 5.74) is 1.90. The second-order valence-electron chi connectivity index (χ2n) is 7.82. The quantitative estimate of drug-likeness (QED) is 0.783. The average molecular weight is 442 g/mol. The molecule has 2 aromatic carbocycles. The molecule has 6 nitrogen and oxygen atoms in total. The smallest absolute Gasteiger partial charge is 0.253 e. The van der Waals surface area contributed by atoms with E-state index in [9.17, 15) is 18.8 Å². The first-order valence-corrected chi connectivity index (χ1v) is 11.3. The number of hydrogen-bond donors (Lipinski definition) is 1. The predicted molar refractivity (Wildman–Crippen MR) is 119 cm³/mol. The third-order valence-corrected chi connectivity index (χ3v) is 6.60. The molecule has 0 saturated carbocycles. The summed E-state index contributed by atoms with van der Waals surface area (Å²) in [4.78, 5) is 42.2. The van der Waals surface area contributed by atoms with Crippen molar-refractivity contribution in [2.75, 3.05) is 35.6 Å². The van der Waals surface area contributed by atoms with Crippen LogP contribution in [-0.4, -0.2) is 48.0 Å². The van der Waals surface area contributed by atoms with Gasteiger partial charge in [-0.3, -0.25) is 14.4 Å². The van der Waals surface area contributed by atoms with E-state index in [0.29, 0.717) is 22.5 Å². The number of amides is 3. The predicted octanol–water partition coefficient (Wildman–Crippen LogP) is 3.84. The Hall–Kier alpha value is -2.87. The Balaban J connectivity index is 1.53. The Morgan fingerprint density at radius 1 is 1.10 bits per heavy atom. The Kier molecular flexibility index (Phi) is 6.27. The van der Waals surface area contributed by atoms with Crippen molar-refractivity contribution in [1.82, 2.24) is 4.90 Å². The molecule has 2 aromatic rings. The van der Waals surface area contributed by atoms with Crippen LogP contribution in [-0.2, 0) is 9.59 Å². The molecule has 4 rings (SSSR count). The lowest BCUT2D eigenvalue weighted by molar-refractivity contribution is -0.120. The first-order chi connectivity index (χ1) is 14.9. The van der Waals surface area contributed by atoms with Crippen LogP contribution in [0.4, 0.5) is 15.8 Å². The zero-order valence-corrected chi connectivity index (χ0v) is 18.1. The molecule has 3 amide bonds. The van der Waals surface area contributed by atoms with Gasteiger partial charge in [0, 0.05) is 29.2 Å². The van der Waals surface area contributed by atoms with Crippen molar-refractivity contribution in [2.24, 2.45) is 0 Å². The lowest BCUT2D eigenvalue weighted by atomic mass is 10.1. The number of thioether (sulfide) groups is 1. The number of carbonyl (C=O) groups excluding carboxylic acids is 3. The van der Waals surface area contributed by atoms with Gasteiger partial charge in [-0.2, -0.15) is 0 Å². The van der Waals surface area contributed by atoms with Crippen LogP contribution in [0.5, 0.6) is 0 Å². The fraction of sp³-hybridized carbons (Fsp3) is 0.348. The van der Waals surface area contributed by atoms with Crippen molar-refractivity contribution in [1.29, 1.82) is 0 Å². The summed E-state index contributed by atoms with van der Waals surface area (Å²) >= 11 is 1.39. The number of fused-ring (bicyclic) bond motifs is 1. The summed E-state index contributed by atoms with van der Waals surface area (Å²) in [5.74, 6) is -0.870. The number of aryl methyl sites for hydroxylation is 1. The van der Waals surface area contributed by atoms with E-state index in [2.05, 4.69) is 5.32 Å². The van der Waals surface area contributed by atoms with E-state index in [4.69, 9.17) is 0 Å². The highest BCUT2D eigenvalue weighted by Crippen LogP contribution is 2.36. The summed E-state index contributed by atoms with van der Waals surface area (Å²) in [6, 6.07) is 9.78. The van der Waals surface area contributed by atoms with Crippen LogP contribution in [0.3, 0.4) is 0 Å². The maximum atomic E-state index is 13.8. The van der Waals surface area contributed by atoms with Gasteiger partial charge < -0.3 is 15.1 Å². The van der Waals surface area contributed by atoms with Gasteiger partial charge in [0.2, 0.25) is 11.8 Å². The zero-order valence-electron chi connectivity index (χ0n) is 17.3. The van der Waals surface area contributed by atoms with Crippen molar-refractivity contribution in [2.45, 2.75) is 31.1 Å². The highest BCUT2D eigenvalue weighted by atomic mass is 32.2. The SMILES string of the molecule is Cc1ccc(NC(=O)CN2C(=O)CSc3ccc(C(=O)N4CCCCC4)cc32)cc1F. The van der Waals surface area contributed by atoms with E-state index in [0.717, 1.165) is 37.2 Å². The molecule has 0 spiro atoms. The Morgan fingerprint density at radius 2 is 1.87 bits per heavy atom. The van der Waals surface area contributed by atoms with Gasteiger partial charge in [-0.15, -0.1) is 11.8 Å². The van der Waals surface area contributed by atoms with Gasteiger partial charge in [0.05, 0.1) is 11.4 Å². The normalized spacial score (nSPS) is 16.1. The van der Waals surface area contributed by atoms with Crippen LogP contribution in [0.2, 0.25) is 0 Å². The monoisotopic (exact) mass is 441 g/mol. The Labute approximate surface area is 184 Å². The molecule has 0 aliphatic carbocycles. The molecule has 0 bridgehead atoms. The van der Waals surface area contributed by atoms with E-state index in [1.807, 2.05) is 11.0 Å². The summed E-state index contributed by atoms with van der Waals surface area (Å²) in [5, 5.41) is 2.64. The number of halogens is 1. The molecular formula is C23H24FN3O3S. The lowest BCUT2D eigenvalue weighted by Gasteiger charge is -2.30. The molecule has 0 atom stereocenters. The lowest BCUT2D eigenvalue weighted by Crippen LogP contribution is -2.41. The number of nitrogens with zero attached hydrogens (tertiary/aromatic N) is 2. The van der Waals surface area contributed by atoms with E-state index in [1.54, 1.807) is 31.2 Å². The molecule has 162 valence electrons. The fourth-order valence-electron chi connectivity index (χ4n) is 3.80. The molecule has 0 radical (unpaired) electrons. The topological polar surface area (TPSA) is 69.7 Å². The molecular weight excluding hydrogens is 417 g/mol. The number of nitrogens with one attached hydrogen (secondary N) is 1. The van der Waals surface area contributed by atoms with Crippen molar-refractivity contribution < 1.29 is 18.8 Å². The van der Waals surface area contributed by atoms with E-state index < -0.39 is 11.7 Å². The number of anilines is 2. The van der Waals surface area contributed by atoms with E-state index in [1.165, 1.54) is 22.7 Å². The van der Waals surface area contributed by atoms with Gasteiger partial charge >= 0.3 is 0 Å². The van der Waals surface area contributed by atoms with Gasteiger partial charge in [0.15, 0.2) is 0 Å². The zero-order chi connectivity index (χ0) is 22.0. The summed E-state index contributed by atoms with van der Waals surface area (Å²) in [6.07, 6.45) is 3.13. The second kappa shape index (κ2) is 9.09. The van der Waals surface area contributed by atoms with Crippen LogP contribution >= 0.6 is 11.8 Å². The fourth-order valence-corrected chi connectivity index (χ4v) is 4.72. The Bertz CT molecular complexity index is 1040. The standard InChI is InChI=1S/C23H24FN3O3S/c1-15-5-7-17(12-18(15)24)25-21(28)13-27-19-11-16(6-8-20(19)31-14-22(27)29)23(30)26-9-3-2-4-10-26/h5-8,11-12H,2-4,9-10,13-14H2,1H3,(H,25,28). The third-order valence-electron chi connectivity index (χ3n) is 5.55. The summed E-state index contributed by atoms with van der Waals surface area (Å²) in [7, 11) is 0. The first-order valence-electron chi connectivity index (χ1n) is 10.3. The van der Waals surface area contributed by atoms with Gasteiger partial charge in [-0.05, 0) is 62.1 Å². The number of carbonyl (C=O) groups is 3. The van der Waals surface area contributed by atoms with Gasteiger partial charge in [0.25, 0.3) is 5.91 Å². The molecule has 1 saturated heterocycles.